The summed E-state index contributed by atoms with van der Waals surface area (Å²) in [6.07, 6.45) is 11.8. The molecule has 0 aromatic rings. The van der Waals surface area contributed by atoms with Crippen LogP contribution in [0.4, 0.5) is 0 Å². The highest BCUT2D eigenvalue weighted by atomic mass is 15.3. The zero-order valence-corrected chi connectivity index (χ0v) is 13.0. The van der Waals surface area contributed by atoms with E-state index in [1.807, 2.05) is 0 Å². The number of hydrogen-bond acceptors (Lipinski definition) is 2. The number of piperazine rings is 1. The Morgan fingerprint density at radius 2 is 1.89 bits per heavy atom. The minimum Gasteiger partial charge on any atom is -0.311 e. The average Bonchev–Trinajstić information content (AvgIpc) is 2.49. The first kappa shape index (κ1) is 15.1. The molecule has 0 aromatic heterocycles. The Bertz CT molecular complexity index is 277. The fourth-order valence-electron chi connectivity index (χ4n) is 4.15. The first-order valence-electron chi connectivity index (χ1n) is 8.35. The fraction of sp³-hybridized carbons (Fsp3) is 0.882. The van der Waals surface area contributed by atoms with Crippen LogP contribution in [0.25, 0.3) is 0 Å². The van der Waals surface area contributed by atoms with Gasteiger partial charge in [-0.1, -0.05) is 39.2 Å². The number of hydrogen-bond donors (Lipinski definition) is 1. The van der Waals surface area contributed by atoms with E-state index >= 15 is 0 Å². The molecule has 2 fully saturated rings. The summed E-state index contributed by atoms with van der Waals surface area (Å²) < 4.78 is 0. The van der Waals surface area contributed by atoms with Gasteiger partial charge in [0.05, 0.1) is 0 Å². The summed E-state index contributed by atoms with van der Waals surface area (Å²) >= 11 is 0. The molecule has 0 aromatic carbocycles. The summed E-state index contributed by atoms with van der Waals surface area (Å²) in [6, 6.07) is 0.714. The van der Waals surface area contributed by atoms with E-state index in [0.29, 0.717) is 11.6 Å². The Morgan fingerprint density at radius 3 is 2.47 bits per heavy atom. The molecule has 1 atom stereocenters. The maximum atomic E-state index is 3.96. The second kappa shape index (κ2) is 6.90. The molecule has 2 heteroatoms. The van der Waals surface area contributed by atoms with E-state index < -0.39 is 0 Å². The van der Waals surface area contributed by atoms with Gasteiger partial charge in [-0.25, -0.2) is 0 Å². The van der Waals surface area contributed by atoms with Gasteiger partial charge in [0.1, 0.15) is 0 Å². The third kappa shape index (κ3) is 3.22. The zero-order chi connectivity index (χ0) is 13.7. The third-order valence-electron chi connectivity index (χ3n) is 5.67. The maximum Gasteiger partial charge on any atom is 0.0332 e. The Hall–Kier alpha value is -0.340. The Balaban J connectivity index is 2.02. The predicted octanol–water partition coefficient (Wildman–Crippen LogP) is 3.59. The summed E-state index contributed by atoms with van der Waals surface area (Å²) in [5.41, 5.74) is 0.360. The second-order valence-electron chi connectivity index (χ2n) is 6.51. The second-order valence-corrected chi connectivity index (χ2v) is 6.51. The summed E-state index contributed by atoms with van der Waals surface area (Å²) in [5.74, 6) is 0.910. The first-order chi connectivity index (χ1) is 9.25. The van der Waals surface area contributed by atoms with E-state index in [4.69, 9.17) is 0 Å². The quantitative estimate of drug-likeness (QED) is 0.764. The Labute approximate surface area is 119 Å². The van der Waals surface area contributed by atoms with Gasteiger partial charge in [0.25, 0.3) is 0 Å². The van der Waals surface area contributed by atoms with Gasteiger partial charge in [-0.15, -0.1) is 6.58 Å². The molecule has 0 spiro atoms. The van der Waals surface area contributed by atoms with Crippen molar-refractivity contribution in [2.24, 2.45) is 5.92 Å². The van der Waals surface area contributed by atoms with Gasteiger partial charge < -0.3 is 5.32 Å². The Kier molecular flexibility index (Phi) is 5.47. The molecule has 2 aliphatic rings. The van der Waals surface area contributed by atoms with Gasteiger partial charge >= 0.3 is 0 Å². The van der Waals surface area contributed by atoms with Crippen molar-refractivity contribution >= 4 is 0 Å². The predicted molar refractivity (Wildman–Crippen MR) is 83.4 cm³/mol. The minimum atomic E-state index is 0.360. The normalized spacial score (nSPS) is 29.3. The molecule has 1 aliphatic carbocycles. The van der Waals surface area contributed by atoms with Crippen molar-refractivity contribution in [3.63, 3.8) is 0 Å². The molecule has 1 saturated heterocycles. The summed E-state index contributed by atoms with van der Waals surface area (Å²) in [4.78, 5) is 2.70. The molecule has 1 unspecified atom stereocenters. The molecule has 1 saturated carbocycles. The molecular weight excluding hydrogens is 232 g/mol. The largest absolute Gasteiger partial charge is 0.311 e. The van der Waals surface area contributed by atoms with Crippen LogP contribution in [0.2, 0.25) is 0 Å². The SMILES string of the molecule is C=CCN1CC(C2CCCCC2)NCC1(CC)CC. The van der Waals surface area contributed by atoms with Crippen molar-refractivity contribution in [3.8, 4) is 0 Å². The molecule has 1 N–H and O–H groups in total. The lowest BCUT2D eigenvalue weighted by molar-refractivity contribution is 0.0240. The Morgan fingerprint density at radius 1 is 1.21 bits per heavy atom. The van der Waals surface area contributed by atoms with Crippen molar-refractivity contribution in [1.29, 1.82) is 0 Å². The number of rotatable bonds is 5. The highest BCUT2D eigenvalue weighted by molar-refractivity contribution is 5.01. The molecule has 0 bridgehead atoms. The molecule has 1 heterocycles. The molecular formula is C17H32N2. The highest BCUT2D eigenvalue weighted by Crippen LogP contribution is 2.32. The first-order valence-corrected chi connectivity index (χ1v) is 8.35. The summed E-state index contributed by atoms with van der Waals surface area (Å²) in [7, 11) is 0. The molecule has 1 aliphatic heterocycles. The van der Waals surface area contributed by atoms with Crippen LogP contribution in [-0.4, -0.2) is 36.1 Å². The molecule has 2 nitrogen and oxygen atoms in total. The van der Waals surface area contributed by atoms with Crippen LogP contribution in [0, 0.1) is 5.92 Å². The van der Waals surface area contributed by atoms with Crippen molar-refractivity contribution in [2.45, 2.75) is 70.4 Å². The molecule has 19 heavy (non-hydrogen) atoms. The van der Waals surface area contributed by atoms with Crippen LogP contribution < -0.4 is 5.32 Å². The van der Waals surface area contributed by atoms with Crippen LogP contribution >= 0.6 is 0 Å². The van der Waals surface area contributed by atoms with Gasteiger partial charge in [-0.2, -0.15) is 0 Å². The number of nitrogens with zero attached hydrogens (tertiary/aromatic N) is 1. The van der Waals surface area contributed by atoms with E-state index in [2.05, 4.69) is 36.7 Å². The molecule has 110 valence electrons. The summed E-state index contributed by atoms with van der Waals surface area (Å²) in [5, 5.41) is 3.89. The topological polar surface area (TPSA) is 15.3 Å². The average molecular weight is 264 g/mol. The van der Waals surface area contributed by atoms with Crippen molar-refractivity contribution < 1.29 is 0 Å². The van der Waals surface area contributed by atoms with Gasteiger partial charge in [0.2, 0.25) is 0 Å². The zero-order valence-electron chi connectivity index (χ0n) is 13.0. The highest BCUT2D eigenvalue weighted by Gasteiger charge is 2.40. The van der Waals surface area contributed by atoms with Crippen molar-refractivity contribution in [1.82, 2.24) is 10.2 Å². The lowest BCUT2D eigenvalue weighted by Gasteiger charge is -2.51. The van der Waals surface area contributed by atoms with Crippen LogP contribution in [-0.2, 0) is 0 Å². The van der Waals surface area contributed by atoms with Crippen LogP contribution in [0.15, 0.2) is 12.7 Å². The lowest BCUT2D eigenvalue weighted by atomic mass is 9.79. The van der Waals surface area contributed by atoms with Crippen LogP contribution in [0.1, 0.15) is 58.8 Å². The summed E-state index contributed by atoms with van der Waals surface area (Å²) in [6.45, 7) is 12.1. The smallest absolute Gasteiger partial charge is 0.0332 e. The van der Waals surface area contributed by atoms with Gasteiger partial charge in [-0.3, -0.25) is 4.90 Å². The van der Waals surface area contributed by atoms with E-state index in [1.54, 1.807) is 0 Å². The van der Waals surface area contributed by atoms with Crippen molar-refractivity contribution in [3.05, 3.63) is 12.7 Å². The monoisotopic (exact) mass is 264 g/mol. The standard InChI is InChI=1S/C17H32N2/c1-4-12-19-13-16(15-10-8-7-9-11-15)18-14-17(19,5-2)6-3/h4,15-16,18H,1,5-14H2,2-3H3. The van der Waals surface area contributed by atoms with Gasteiger partial charge in [0, 0.05) is 31.2 Å². The lowest BCUT2D eigenvalue weighted by Crippen LogP contribution is -2.65. The van der Waals surface area contributed by atoms with Gasteiger partial charge in [0.15, 0.2) is 0 Å². The van der Waals surface area contributed by atoms with E-state index in [9.17, 15) is 0 Å². The number of nitrogens with one attached hydrogen (secondary N) is 1. The van der Waals surface area contributed by atoms with Crippen molar-refractivity contribution in [2.75, 3.05) is 19.6 Å². The van der Waals surface area contributed by atoms with Crippen LogP contribution in [0.5, 0.6) is 0 Å². The van der Waals surface area contributed by atoms with Gasteiger partial charge in [-0.05, 0) is 31.6 Å². The molecule has 2 rings (SSSR count). The fourth-order valence-corrected chi connectivity index (χ4v) is 4.15. The maximum absolute atomic E-state index is 3.96. The third-order valence-corrected chi connectivity index (χ3v) is 5.67. The minimum absolute atomic E-state index is 0.360. The van der Waals surface area contributed by atoms with E-state index in [1.165, 1.54) is 51.5 Å². The van der Waals surface area contributed by atoms with E-state index in [-0.39, 0.29) is 0 Å². The molecule has 0 radical (unpaired) electrons. The molecule has 0 amide bonds. The van der Waals surface area contributed by atoms with Crippen LogP contribution in [0.3, 0.4) is 0 Å². The van der Waals surface area contributed by atoms with E-state index in [0.717, 1.165) is 19.0 Å².